The maximum atomic E-state index is 5.54. The maximum absolute atomic E-state index is 5.54. The summed E-state index contributed by atoms with van der Waals surface area (Å²) in [6, 6.07) is 28.4. The van der Waals surface area contributed by atoms with Gasteiger partial charge >= 0.3 is 0 Å². The smallest absolute Gasteiger partial charge is 0.171 e. The molecule has 2 N–H and O–H groups in total. The molecule has 0 aliphatic rings. The SMILES string of the molecule is CCOc1ccc(NC(=S)NC(c2ccccc2)c2ccccc2)cc1. The van der Waals surface area contributed by atoms with Crippen molar-refractivity contribution in [3.05, 3.63) is 96.1 Å². The number of rotatable bonds is 6. The summed E-state index contributed by atoms with van der Waals surface area (Å²) in [5.74, 6) is 0.850. The van der Waals surface area contributed by atoms with Crippen LogP contribution in [0.2, 0.25) is 0 Å². The quantitative estimate of drug-likeness (QED) is 0.593. The molecule has 3 aromatic carbocycles. The Labute approximate surface area is 160 Å². The van der Waals surface area contributed by atoms with Crippen LogP contribution in [0.1, 0.15) is 24.1 Å². The molecule has 0 aliphatic carbocycles. The van der Waals surface area contributed by atoms with Crippen molar-refractivity contribution >= 4 is 23.0 Å². The van der Waals surface area contributed by atoms with Gasteiger partial charge < -0.3 is 15.4 Å². The Kier molecular flexibility index (Phi) is 6.23. The Morgan fingerprint density at radius 3 is 1.88 bits per heavy atom. The minimum atomic E-state index is -0.0138. The van der Waals surface area contributed by atoms with Gasteiger partial charge in [0.15, 0.2) is 5.11 Å². The predicted octanol–water partition coefficient (Wildman–Crippen LogP) is 5.16. The van der Waals surface area contributed by atoms with Gasteiger partial charge in [-0.1, -0.05) is 60.7 Å². The number of anilines is 1. The van der Waals surface area contributed by atoms with E-state index >= 15 is 0 Å². The summed E-state index contributed by atoms with van der Waals surface area (Å²) in [4.78, 5) is 0. The first-order valence-corrected chi connectivity index (χ1v) is 9.07. The molecule has 3 rings (SSSR count). The van der Waals surface area contributed by atoms with Crippen molar-refractivity contribution in [2.45, 2.75) is 13.0 Å². The van der Waals surface area contributed by atoms with Crippen LogP contribution < -0.4 is 15.4 Å². The summed E-state index contributed by atoms with van der Waals surface area (Å²) in [5, 5.41) is 7.25. The maximum Gasteiger partial charge on any atom is 0.171 e. The first kappa shape index (κ1) is 18.0. The van der Waals surface area contributed by atoms with E-state index in [-0.39, 0.29) is 6.04 Å². The van der Waals surface area contributed by atoms with E-state index in [2.05, 4.69) is 34.9 Å². The third-order valence-corrected chi connectivity index (χ3v) is 4.18. The van der Waals surface area contributed by atoms with Crippen LogP contribution in [0, 0.1) is 0 Å². The lowest BCUT2D eigenvalue weighted by Gasteiger charge is -2.22. The molecule has 3 aromatic rings. The molecule has 0 fully saturated rings. The van der Waals surface area contributed by atoms with Gasteiger partial charge in [-0.15, -0.1) is 0 Å². The molecule has 0 amide bonds. The van der Waals surface area contributed by atoms with Gasteiger partial charge in [0.1, 0.15) is 5.75 Å². The zero-order valence-electron chi connectivity index (χ0n) is 14.7. The fourth-order valence-corrected chi connectivity index (χ4v) is 2.99. The zero-order chi connectivity index (χ0) is 18.2. The van der Waals surface area contributed by atoms with E-state index in [0.717, 1.165) is 22.6 Å². The summed E-state index contributed by atoms with van der Waals surface area (Å²) in [5.41, 5.74) is 3.25. The van der Waals surface area contributed by atoms with Gasteiger partial charge in [-0.25, -0.2) is 0 Å². The van der Waals surface area contributed by atoms with Crippen molar-refractivity contribution in [3.8, 4) is 5.75 Å². The van der Waals surface area contributed by atoms with E-state index in [1.807, 2.05) is 67.6 Å². The summed E-state index contributed by atoms with van der Waals surface area (Å²) in [6.45, 7) is 2.63. The second-order valence-corrected chi connectivity index (χ2v) is 6.22. The molecule has 0 saturated carbocycles. The van der Waals surface area contributed by atoms with Crippen molar-refractivity contribution in [2.75, 3.05) is 11.9 Å². The molecule has 132 valence electrons. The third-order valence-electron chi connectivity index (χ3n) is 3.96. The Bertz CT molecular complexity index is 780. The Morgan fingerprint density at radius 2 is 1.38 bits per heavy atom. The number of benzene rings is 3. The fourth-order valence-electron chi connectivity index (χ4n) is 2.75. The van der Waals surface area contributed by atoms with Crippen LogP contribution in [0.5, 0.6) is 5.75 Å². The molecule has 0 aliphatic heterocycles. The Morgan fingerprint density at radius 1 is 0.846 bits per heavy atom. The van der Waals surface area contributed by atoms with E-state index in [4.69, 9.17) is 17.0 Å². The third kappa shape index (κ3) is 4.83. The van der Waals surface area contributed by atoms with Crippen molar-refractivity contribution in [1.82, 2.24) is 5.32 Å². The minimum absolute atomic E-state index is 0.0138. The molecule has 0 heterocycles. The van der Waals surface area contributed by atoms with Gasteiger partial charge in [0, 0.05) is 5.69 Å². The van der Waals surface area contributed by atoms with Crippen LogP contribution in [0.3, 0.4) is 0 Å². The molecule has 0 bridgehead atoms. The molecule has 26 heavy (non-hydrogen) atoms. The second kappa shape index (κ2) is 9.02. The minimum Gasteiger partial charge on any atom is -0.494 e. The van der Waals surface area contributed by atoms with Gasteiger partial charge in [0.2, 0.25) is 0 Å². The molecule has 3 nitrogen and oxygen atoms in total. The van der Waals surface area contributed by atoms with Crippen LogP contribution in [-0.2, 0) is 0 Å². The number of nitrogens with one attached hydrogen (secondary N) is 2. The number of ether oxygens (including phenoxy) is 1. The lowest BCUT2D eigenvalue weighted by atomic mass is 9.99. The van der Waals surface area contributed by atoms with Gasteiger partial charge in [0.05, 0.1) is 12.6 Å². The largest absolute Gasteiger partial charge is 0.494 e. The second-order valence-electron chi connectivity index (χ2n) is 5.81. The van der Waals surface area contributed by atoms with Gasteiger partial charge in [0.25, 0.3) is 0 Å². The lowest BCUT2D eigenvalue weighted by molar-refractivity contribution is 0.340. The zero-order valence-corrected chi connectivity index (χ0v) is 15.5. The summed E-state index contributed by atoms with van der Waals surface area (Å²) >= 11 is 5.54. The molecule has 0 aromatic heterocycles. The van der Waals surface area contributed by atoms with Crippen LogP contribution in [0.4, 0.5) is 5.69 Å². The van der Waals surface area contributed by atoms with E-state index in [1.165, 1.54) is 0 Å². The van der Waals surface area contributed by atoms with E-state index < -0.39 is 0 Å². The highest BCUT2D eigenvalue weighted by atomic mass is 32.1. The topological polar surface area (TPSA) is 33.3 Å². The molecular formula is C22H22N2OS. The average molecular weight is 362 g/mol. The summed E-state index contributed by atoms with van der Waals surface area (Å²) in [6.07, 6.45) is 0. The van der Waals surface area contributed by atoms with Gasteiger partial charge in [-0.3, -0.25) is 0 Å². The molecule has 0 saturated heterocycles. The molecule has 0 radical (unpaired) electrons. The van der Waals surface area contributed by atoms with Crippen LogP contribution >= 0.6 is 12.2 Å². The van der Waals surface area contributed by atoms with E-state index in [0.29, 0.717) is 11.7 Å². The number of thiocarbonyl (C=S) groups is 1. The first-order valence-electron chi connectivity index (χ1n) is 8.66. The van der Waals surface area contributed by atoms with E-state index in [9.17, 15) is 0 Å². The lowest BCUT2D eigenvalue weighted by Crippen LogP contribution is -2.32. The predicted molar refractivity (Wildman–Crippen MR) is 112 cm³/mol. The van der Waals surface area contributed by atoms with Crippen molar-refractivity contribution < 1.29 is 4.74 Å². The summed E-state index contributed by atoms with van der Waals surface area (Å²) < 4.78 is 5.47. The van der Waals surface area contributed by atoms with E-state index in [1.54, 1.807) is 0 Å². The number of hydrogen-bond donors (Lipinski definition) is 2. The van der Waals surface area contributed by atoms with Crippen molar-refractivity contribution in [1.29, 1.82) is 0 Å². The highest BCUT2D eigenvalue weighted by Gasteiger charge is 2.14. The van der Waals surface area contributed by atoms with Gasteiger partial charge in [-0.2, -0.15) is 0 Å². The van der Waals surface area contributed by atoms with Crippen LogP contribution in [-0.4, -0.2) is 11.7 Å². The molecule has 0 atom stereocenters. The molecular weight excluding hydrogens is 340 g/mol. The normalized spacial score (nSPS) is 10.4. The Balaban J connectivity index is 1.73. The Hall–Kier alpha value is -2.85. The van der Waals surface area contributed by atoms with Crippen LogP contribution in [0.25, 0.3) is 0 Å². The van der Waals surface area contributed by atoms with Crippen molar-refractivity contribution in [2.24, 2.45) is 0 Å². The molecule has 4 heteroatoms. The standard InChI is InChI=1S/C22H22N2OS/c1-2-25-20-15-13-19(14-16-20)23-22(26)24-21(17-9-5-3-6-10-17)18-11-7-4-8-12-18/h3-16,21H,2H2,1H3,(H2,23,24,26). The average Bonchev–Trinajstić information content (AvgIpc) is 2.69. The van der Waals surface area contributed by atoms with Gasteiger partial charge in [-0.05, 0) is 54.5 Å². The highest BCUT2D eigenvalue weighted by Crippen LogP contribution is 2.22. The summed E-state index contributed by atoms with van der Waals surface area (Å²) in [7, 11) is 0. The monoisotopic (exact) mass is 362 g/mol. The van der Waals surface area contributed by atoms with Crippen LogP contribution in [0.15, 0.2) is 84.9 Å². The highest BCUT2D eigenvalue weighted by molar-refractivity contribution is 7.80. The molecule has 0 unspecified atom stereocenters. The van der Waals surface area contributed by atoms with Crippen molar-refractivity contribution in [3.63, 3.8) is 0 Å². The fraction of sp³-hybridized carbons (Fsp3) is 0.136. The number of hydrogen-bond acceptors (Lipinski definition) is 2. The molecule has 0 spiro atoms. The first-order chi connectivity index (χ1) is 12.8.